The third-order valence-electron chi connectivity index (χ3n) is 2.69. The van der Waals surface area contributed by atoms with Crippen molar-refractivity contribution in [1.82, 2.24) is 29.6 Å². The Bertz CT molecular complexity index is 472. The van der Waals surface area contributed by atoms with Gasteiger partial charge in [0, 0.05) is 39.5 Å². The van der Waals surface area contributed by atoms with E-state index in [9.17, 15) is 0 Å². The fourth-order valence-electron chi connectivity index (χ4n) is 1.78. The van der Waals surface area contributed by atoms with Gasteiger partial charge in [0.05, 0.1) is 6.04 Å². The summed E-state index contributed by atoms with van der Waals surface area (Å²) < 4.78 is 3.74. The van der Waals surface area contributed by atoms with Gasteiger partial charge in [-0.3, -0.25) is 4.68 Å². The topological polar surface area (TPSA) is 60.6 Å². The summed E-state index contributed by atoms with van der Waals surface area (Å²) in [6, 6.07) is 0.235. The second-order valence-electron chi connectivity index (χ2n) is 4.16. The van der Waals surface area contributed by atoms with Crippen molar-refractivity contribution in [2.24, 2.45) is 14.1 Å². The third-order valence-corrected chi connectivity index (χ3v) is 2.69. The second kappa shape index (κ2) is 5.09. The molecule has 0 radical (unpaired) electrons. The van der Waals surface area contributed by atoms with Crippen molar-refractivity contribution in [3.8, 4) is 0 Å². The lowest BCUT2D eigenvalue weighted by Gasteiger charge is -2.12. The molecule has 0 aromatic carbocycles. The first-order chi connectivity index (χ1) is 8.16. The van der Waals surface area contributed by atoms with Crippen LogP contribution in [0.25, 0.3) is 0 Å². The van der Waals surface area contributed by atoms with Gasteiger partial charge in [-0.05, 0) is 6.92 Å². The Balaban J connectivity index is 1.81. The van der Waals surface area contributed by atoms with Crippen molar-refractivity contribution >= 4 is 0 Å². The van der Waals surface area contributed by atoms with Crippen molar-refractivity contribution in [2.75, 3.05) is 6.54 Å². The Morgan fingerprint density at radius 1 is 1.35 bits per heavy atom. The van der Waals surface area contributed by atoms with Crippen LogP contribution in [0.5, 0.6) is 0 Å². The van der Waals surface area contributed by atoms with Gasteiger partial charge in [0.1, 0.15) is 12.2 Å². The molecule has 6 heteroatoms. The van der Waals surface area contributed by atoms with Gasteiger partial charge >= 0.3 is 0 Å². The number of rotatable bonds is 5. The molecule has 1 N–H and O–H groups in total. The standard InChI is InChI=1S/C11H18N6/c1-9(11-13-6-7-16(11)2)12-5-4-10-14-8-17(3)15-10/h6-9,12H,4-5H2,1-3H3. The van der Waals surface area contributed by atoms with Crippen LogP contribution in [-0.2, 0) is 20.5 Å². The third kappa shape index (κ3) is 2.91. The van der Waals surface area contributed by atoms with Gasteiger partial charge in [0.15, 0.2) is 5.82 Å². The van der Waals surface area contributed by atoms with Crippen LogP contribution in [0, 0.1) is 0 Å². The molecule has 0 aliphatic heterocycles. The van der Waals surface area contributed by atoms with E-state index < -0.39 is 0 Å². The highest BCUT2D eigenvalue weighted by molar-refractivity contribution is 4.97. The van der Waals surface area contributed by atoms with Gasteiger partial charge < -0.3 is 9.88 Å². The molecule has 0 aliphatic rings. The molecular weight excluding hydrogens is 216 g/mol. The molecule has 0 saturated carbocycles. The molecule has 2 rings (SSSR count). The van der Waals surface area contributed by atoms with E-state index >= 15 is 0 Å². The smallest absolute Gasteiger partial charge is 0.151 e. The molecule has 2 heterocycles. The average Bonchev–Trinajstić information content (AvgIpc) is 2.87. The molecule has 0 spiro atoms. The highest BCUT2D eigenvalue weighted by Crippen LogP contribution is 2.07. The van der Waals surface area contributed by atoms with Gasteiger partial charge in [0.2, 0.25) is 0 Å². The molecule has 6 nitrogen and oxygen atoms in total. The van der Waals surface area contributed by atoms with Crippen LogP contribution in [0.3, 0.4) is 0 Å². The predicted octanol–water partition coefficient (Wildman–Crippen LogP) is 0.442. The van der Waals surface area contributed by atoms with Crippen LogP contribution >= 0.6 is 0 Å². The molecule has 1 unspecified atom stereocenters. The Morgan fingerprint density at radius 3 is 2.76 bits per heavy atom. The molecular formula is C11H18N6. The van der Waals surface area contributed by atoms with Crippen LogP contribution in [-0.4, -0.2) is 30.9 Å². The van der Waals surface area contributed by atoms with Crippen molar-refractivity contribution < 1.29 is 0 Å². The Hall–Kier alpha value is -1.69. The number of nitrogens with zero attached hydrogens (tertiary/aromatic N) is 5. The van der Waals surface area contributed by atoms with E-state index in [0.717, 1.165) is 24.6 Å². The summed E-state index contributed by atoms with van der Waals surface area (Å²) in [7, 11) is 3.88. The fraction of sp³-hybridized carbons (Fsp3) is 0.545. The largest absolute Gasteiger partial charge is 0.337 e. The van der Waals surface area contributed by atoms with Gasteiger partial charge in [-0.1, -0.05) is 0 Å². The lowest BCUT2D eigenvalue weighted by molar-refractivity contribution is 0.528. The maximum absolute atomic E-state index is 4.31. The van der Waals surface area contributed by atoms with E-state index in [0.29, 0.717) is 0 Å². The molecule has 0 aliphatic carbocycles. The average molecular weight is 234 g/mol. The van der Waals surface area contributed by atoms with Crippen LogP contribution < -0.4 is 5.32 Å². The highest BCUT2D eigenvalue weighted by atomic mass is 15.3. The maximum Gasteiger partial charge on any atom is 0.151 e. The molecule has 0 fully saturated rings. The van der Waals surface area contributed by atoms with Crippen molar-refractivity contribution in [3.63, 3.8) is 0 Å². The van der Waals surface area contributed by atoms with E-state index in [1.54, 1.807) is 11.0 Å². The first-order valence-electron chi connectivity index (χ1n) is 5.72. The number of hydrogen-bond acceptors (Lipinski definition) is 4. The molecule has 1 atom stereocenters. The summed E-state index contributed by atoms with van der Waals surface area (Å²) in [4.78, 5) is 8.49. The monoisotopic (exact) mass is 234 g/mol. The highest BCUT2D eigenvalue weighted by Gasteiger charge is 2.09. The van der Waals surface area contributed by atoms with E-state index in [4.69, 9.17) is 0 Å². The number of aromatic nitrogens is 5. The normalized spacial score (nSPS) is 12.9. The van der Waals surface area contributed by atoms with Crippen molar-refractivity contribution in [3.05, 3.63) is 30.4 Å². The quantitative estimate of drug-likeness (QED) is 0.815. The number of aryl methyl sites for hydroxylation is 2. The first-order valence-corrected chi connectivity index (χ1v) is 5.72. The fourth-order valence-corrected chi connectivity index (χ4v) is 1.78. The zero-order valence-electron chi connectivity index (χ0n) is 10.5. The molecule has 2 aromatic rings. The van der Waals surface area contributed by atoms with Crippen molar-refractivity contribution in [1.29, 1.82) is 0 Å². The van der Waals surface area contributed by atoms with Gasteiger partial charge in [-0.25, -0.2) is 9.97 Å². The lowest BCUT2D eigenvalue weighted by atomic mass is 10.3. The van der Waals surface area contributed by atoms with Gasteiger partial charge in [0.25, 0.3) is 0 Å². The SMILES string of the molecule is CC(NCCc1ncn(C)n1)c1nccn1C. The van der Waals surface area contributed by atoms with Crippen LogP contribution in [0.1, 0.15) is 24.6 Å². The van der Waals surface area contributed by atoms with E-state index in [1.807, 2.05) is 31.1 Å². The minimum atomic E-state index is 0.235. The van der Waals surface area contributed by atoms with E-state index in [2.05, 4.69) is 27.3 Å². The Morgan fingerprint density at radius 2 is 2.18 bits per heavy atom. The summed E-state index contributed by atoms with van der Waals surface area (Å²) in [5.74, 6) is 1.91. The summed E-state index contributed by atoms with van der Waals surface area (Å²) >= 11 is 0. The molecule has 2 aromatic heterocycles. The number of hydrogen-bond donors (Lipinski definition) is 1. The molecule has 0 amide bonds. The predicted molar refractivity (Wildman–Crippen MR) is 64.3 cm³/mol. The Kier molecular flexibility index (Phi) is 3.53. The van der Waals surface area contributed by atoms with Crippen molar-refractivity contribution in [2.45, 2.75) is 19.4 Å². The van der Waals surface area contributed by atoms with Gasteiger partial charge in [-0.2, -0.15) is 5.10 Å². The minimum Gasteiger partial charge on any atom is -0.337 e. The Labute approximate surface area is 101 Å². The summed E-state index contributed by atoms with van der Waals surface area (Å²) in [5, 5.41) is 7.64. The molecule has 92 valence electrons. The number of nitrogens with one attached hydrogen (secondary N) is 1. The van der Waals surface area contributed by atoms with Gasteiger partial charge in [-0.15, -0.1) is 0 Å². The number of imidazole rings is 1. The van der Waals surface area contributed by atoms with E-state index in [1.165, 1.54) is 0 Å². The zero-order chi connectivity index (χ0) is 12.3. The summed E-state index contributed by atoms with van der Waals surface area (Å²) in [6.45, 7) is 2.95. The summed E-state index contributed by atoms with van der Waals surface area (Å²) in [6.07, 6.45) is 6.31. The molecule has 0 saturated heterocycles. The zero-order valence-corrected chi connectivity index (χ0v) is 10.5. The van der Waals surface area contributed by atoms with Crippen LogP contribution in [0.15, 0.2) is 18.7 Å². The molecule has 17 heavy (non-hydrogen) atoms. The van der Waals surface area contributed by atoms with Crippen LogP contribution in [0.2, 0.25) is 0 Å². The van der Waals surface area contributed by atoms with Crippen LogP contribution in [0.4, 0.5) is 0 Å². The van der Waals surface area contributed by atoms with E-state index in [-0.39, 0.29) is 6.04 Å². The summed E-state index contributed by atoms with van der Waals surface area (Å²) in [5.41, 5.74) is 0. The second-order valence-corrected chi connectivity index (χ2v) is 4.16. The molecule has 0 bridgehead atoms. The first kappa shape index (κ1) is 11.8. The minimum absolute atomic E-state index is 0.235. The maximum atomic E-state index is 4.31. The lowest BCUT2D eigenvalue weighted by Crippen LogP contribution is -2.24.